The summed E-state index contributed by atoms with van der Waals surface area (Å²) in [7, 11) is 0. The quantitative estimate of drug-likeness (QED) is 0.258. The van der Waals surface area contributed by atoms with E-state index in [0.29, 0.717) is 32.2 Å². The van der Waals surface area contributed by atoms with Crippen molar-refractivity contribution in [1.82, 2.24) is 26.2 Å². The number of urea groups is 1. The van der Waals surface area contributed by atoms with Crippen LogP contribution in [0.5, 0.6) is 0 Å². The summed E-state index contributed by atoms with van der Waals surface area (Å²) in [6.07, 6.45) is 4.39. The number of ketones is 1. The van der Waals surface area contributed by atoms with Gasteiger partial charge in [0.05, 0.1) is 6.04 Å². The van der Waals surface area contributed by atoms with Crippen molar-refractivity contribution < 1.29 is 28.8 Å². The lowest BCUT2D eigenvalue weighted by Crippen LogP contribution is -2.65. The van der Waals surface area contributed by atoms with E-state index in [1.807, 2.05) is 30.3 Å². The molecule has 1 aromatic carbocycles. The molecule has 1 saturated heterocycles. The Morgan fingerprint density at radius 2 is 1.62 bits per heavy atom. The molecule has 0 radical (unpaired) electrons. The molecular formula is C30H44N6O6. The number of carbonyl (C=O) groups is 6. The van der Waals surface area contributed by atoms with Crippen molar-refractivity contribution in [2.45, 2.75) is 103 Å². The first-order valence-corrected chi connectivity index (χ1v) is 14.6. The van der Waals surface area contributed by atoms with E-state index < -0.39 is 58.6 Å². The van der Waals surface area contributed by atoms with Gasteiger partial charge in [-0.15, -0.1) is 0 Å². The zero-order chi connectivity index (χ0) is 31.1. The van der Waals surface area contributed by atoms with Gasteiger partial charge < -0.3 is 31.9 Å². The summed E-state index contributed by atoms with van der Waals surface area (Å²) in [4.78, 5) is 78.1. The van der Waals surface area contributed by atoms with Crippen LogP contribution in [0.4, 0.5) is 4.79 Å². The summed E-state index contributed by atoms with van der Waals surface area (Å²) >= 11 is 0. The second-order valence-electron chi connectivity index (χ2n) is 12.4. The number of nitrogens with one attached hydrogen (secondary N) is 4. The van der Waals surface area contributed by atoms with Crippen LogP contribution in [-0.4, -0.2) is 70.6 Å². The first kappa shape index (κ1) is 32.6. The second-order valence-corrected chi connectivity index (χ2v) is 12.4. The number of hydrogen-bond acceptors (Lipinski definition) is 6. The van der Waals surface area contributed by atoms with Gasteiger partial charge in [0.2, 0.25) is 23.5 Å². The molecule has 12 heteroatoms. The highest BCUT2D eigenvalue weighted by atomic mass is 16.2. The van der Waals surface area contributed by atoms with Crippen LogP contribution < -0.4 is 27.0 Å². The lowest BCUT2D eigenvalue weighted by Gasteiger charge is -2.39. The van der Waals surface area contributed by atoms with Gasteiger partial charge in [0.15, 0.2) is 0 Å². The van der Waals surface area contributed by atoms with E-state index >= 15 is 0 Å². The molecule has 1 heterocycles. The number of likely N-dealkylation sites (tertiary alicyclic amines) is 1. The Labute approximate surface area is 246 Å². The lowest BCUT2D eigenvalue weighted by atomic mass is 9.80. The van der Waals surface area contributed by atoms with E-state index in [9.17, 15) is 28.8 Å². The SMILES string of the molecule is CC(NC(=O)C1CCCN1C(=O)C(NC(=O)NC1(C(=O)NCc2ccccc2)CCCCC1)C(C)(C)C)C(=O)C(N)=O. The van der Waals surface area contributed by atoms with Gasteiger partial charge in [-0.05, 0) is 43.6 Å². The highest BCUT2D eigenvalue weighted by Crippen LogP contribution is 2.30. The third-order valence-electron chi connectivity index (χ3n) is 8.01. The van der Waals surface area contributed by atoms with Crippen LogP contribution in [0.2, 0.25) is 0 Å². The van der Waals surface area contributed by atoms with Gasteiger partial charge in [0.1, 0.15) is 17.6 Å². The van der Waals surface area contributed by atoms with Crippen molar-refractivity contribution in [3.8, 4) is 0 Å². The molecule has 1 saturated carbocycles. The number of benzene rings is 1. The van der Waals surface area contributed by atoms with Gasteiger partial charge in [-0.25, -0.2) is 4.79 Å². The van der Waals surface area contributed by atoms with E-state index in [0.717, 1.165) is 24.8 Å². The Morgan fingerprint density at radius 1 is 0.976 bits per heavy atom. The number of carbonyl (C=O) groups excluding carboxylic acids is 6. The van der Waals surface area contributed by atoms with Gasteiger partial charge in [-0.3, -0.25) is 24.0 Å². The van der Waals surface area contributed by atoms with Crippen LogP contribution in [0, 0.1) is 5.41 Å². The molecule has 2 fully saturated rings. The minimum absolute atomic E-state index is 0.268. The molecule has 6 amide bonds. The zero-order valence-electron chi connectivity index (χ0n) is 25.0. The molecule has 12 nitrogen and oxygen atoms in total. The van der Waals surface area contributed by atoms with Crippen molar-refractivity contribution in [2.24, 2.45) is 11.1 Å². The second kappa shape index (κ2) is 13.8. The molecule has 0 bridgehead atoms. The first-order chi connectivity index (χ1) is 19.7. The molecule has 0 spiro atoms. The molecule has 230 valence electrons. The average Bonchev–Trinajstić information content (AvgIpc) is 3.44. The molecule has 1 aliphatic heterocycles. The Balaban J connectivity index is 1.72. The van der Waals surface area contributed by atoms with E-state index in [2.05, 4.69) is 21.3 Å². The van der Waals surface area contributed by atoms with Crippen molar-refractivity contribution in [2.75, 3.05) is 6.54 Å². The molecule has 3 rings (SSSR count). The average molecular weight is 585 g/mol. The summed E-state index contributed by atoms with van der Waals surface area (Å²) in [5.41, 5.74) is 4.14. The number of rotatable bonds is 10. The van der Waals surface area contributed by atoms with Crippen LogP contribution in [0.25, 0.3) is 0 Å². The van der Waals surface area contributed by atoms with Crippen LogP contribution in [0.15, 0.2) is 30.3 Å². The Hall–Kier alpha value is -3.96. The van der Waals surface area contributed by atoms with Crippen LogP contribution in [0.3, 0.4) is 0 Å². The fourth-order valence-corrected chi connectivity index (χ4v) is 5.60. The maximum absolute atomic E-state index is 13.8. The van der Waals surface area contributed by atoms with Gasteiger partial charge in [-0.2, -0.15) is 0 Å². The van der Waals surface area contributed by atoms with Crippen molar-refractivity contribution >= 4 is 35.4 Å². The van der Waals surface area contributed by atoms with Gasteiger partial charge in [-0.1, -0.05) is 70.4 Å². The maximum Gasteiger partial charge on any atom is 0.316 e. The molecule has 3 atom stereocenters. The predicted octanol–water partition coefficient (Wildman–Crippen LogP) is 1.27. The number of amides is 6. The number of nitrogens with two attached hydrogens (primary N) is 1. The predicted molar refractivity (Wildman–Crippen MR) is 156 cm³/mol. The minimum Gasteiger partial charge on any atom is -0.363 e. The molecule has 0 aromatic heterocycles. The molecule has 6 N–H and O–H groups in total. The Bertz CT molecular complexity index is 1170. The highest BCUT2D eigenvalue weighted by molar-refractivity contribution is 6.37. The lowest BCUT2D eigenvalue weighted by molar-refractivity contribution is -0.143. The Kier molecular flexibility index (Phi) is 10.7. The number of Topliss-reactive ketones (excluding diaryl/α,β-unsaturated/α-hetero) is 1. The van der Waals surface area contributed by atoms with E-state index in [-0.39, 0.29) is 12.5 Å². The van der Waals surface area contributed by atoms with Crippen LogP contribution in [0.1, 0.15) is 78.2 Å². The summed E-state index contributed by atoms with van der Waals surface area (Å²) in [5, 5.41) is 11.1. The standard InChI is InChI=1S/C30H44N6O6/c1-19(22(37)24(31)38)33-25(39)21-14-11-17-36(21)26(40)23(29(2,3)4)34-28(42)35-30(15-9-6-10-16-30)27(41)32-18-20-12-7-5-8-13-20/h5,7-8,12-13,19,21,23H,6,9-11,14-18H2,1-4H3,(H2,31,38)(H,32,41)(H,33,39)(H2,34,35,42). The molecule has 42 heavy (non-hydrogen) atoms. The van der Waals surface area contributed by atoms with E-state index in [1.54, 1.807) is 20.8 Å². The summed E-state index contributed by atoms with van der Waals surface area (Å²) < 4.78 is 0. The number of hydrogen-bond donors (Lipinski definition) is 5. The van der Waals surface area contributed by atoms with Gasteiger partial charge in [0, 0.05) is 13.1 Å². The third-order valence-corrected chi connectivity index (χ3v) is 8.01. The number of nitrogens with zero attached hydrogens (tertiary/aromatic N) is 1. The van der Waals surface area contributed by atoms with Crippen LogP contribution in [-0.2, 0) is 30.5 Å². The minimum atomic E-state index is -1.16. The van der Waals surface area contributed by atoms with Gasteiger partial charge in [0.25, 0.3) is 5.91 Å². The van der Waals surface area contributed by atoms with Crippen molar-refractivity contribution in [3.63, 3.8) is 0 Å². The van der Waals surface area contributed by atoms with E-state index in [1.165, 1.54) is 11.8 Å². The summed E-state index contributed by atoms with van der Waals surface area (Å²) in [6, 6.07) is 5.86. The number of primary amides is 1. The van der Waals surface area contributed by atoms with E-state index in [4.69, 9.17) is 5.73 Å². The normalized spacial score (nSPS) is 19.6. The van der Waals surface area contributed by atoms with Crippen molar-refractivity contribution in [1.29, 1.82) is 0 Å². The Morgan fingerprint density at radius 3 is 2.21 bits per heavy atom. The molecular weight excluding hydrogens is 540 g/mol. The molecule has 1 aliphatic carbocycles. The monoisotopic (exact) mass is 584 g/mol. The highest BCUT2D eigenvalue weighted by Gasteiger charge is 2.45. The largest absolute Gasteiger partial charge is 0.363 e. The van der Waals surface area contributed by atoms with Crippen LogP contribution >= 0.6 is 0 Å². The maximum atomic E-state index is 13.8. The zero-order valence-corrected chi connectivity index (χ0v) is 25.0. The molecule has 1 aromatic rings. The first-order valence-electron chi connectivity index (χ1n) is 14.6. The third kappa shape index (κ3) is 8.07. The molecule has 3 unspecified atom stereocenters. The van der Waals surface area contributed by atoms with Crippen molar-refractivity contribution in [3.05, 3.63) is 35.9 Å². The smallest absolute Gasteiger partial charge is 0.316 e. The summed E-state index contributed by atoms with van der Waals surface area (Å²) in [5.74, 6) is -3.38. The fraction of sp³-hybridized carbons (Fsp3) is 0.600. The molecule has 2 aliphatic rings. The van der Waals surface area contributed by atoms with Gasteiger partial charge >= 0.3 is 6.03 Å². The topological polar surface area (TPSA) is 180 Å². The fourth-order valence-electron chi connectivity index (χ4n) is 5.60. The summed E-state index contributed by atoms with van der Waals surface area (Å²) in [6.45, 7) is 7.38.